The summed E-state index contributed by atoms with van der Waals surface area (Å²) in [6.45, 7) is 6.56. The van der Waals surface area contributed by atoms with Crippen LogP contribution < -0.4 is 5.32 Å². The predicted octanol–water partition coefficient (Wildman–Crippen LogP) is 3.99. The van der Waals surface area contributed by atoms with E-state index in [0.29, 0.717) is 16.7 Å². The van der Waals surface area contributed by atoms with Crippen LogP contribution in [0.1, 0.15) is 60.6 Å². The molecular formula is C22H27N3O3S. The molecule has 1 saturated heterocycles. The number of aryl methyl sites for hydroxylation is 1. The third kappa shape index (κ3) is 2.77. The normalized spacial score (nSPS) is 35.4. The fraction of sp³-hybridized carbons (Fsp3) is 0.591. The van der Waals surface area contributed by atoms with E-state index in [9.17, 15) is 9.59 Å². The Balaban J connectivity index is 1.44. The Morgan fingerprint density at radius 2 is 2.17 bits per heavy atom. The summed E-state index contributed by atoms with van der Waals surface area (Å²) in [4.78, 5) is 30.9. The SMILES string of the molecule is C[C@@H]1C(=O)O[C@@H]2[C@H]1CC[C@]1(C)Cc3sc(NC(=O)c4cccn4C)nc3[C@H](C)[C@H]21. The van der Waals surface area contributed by atoms with Gasteiger partial charge in [-0.2, -0.15) is 0 Å². The van der Waals surface area contributed by atoms with Crippen molar-refractivity contribution in [3.63, 3.8) is 0 Å². The minimum Gasteiger partial charge on any atom is -0.461 e. The van der Waals surface area contributed by atoms with Crippen molar-refractivity contribution >= 4 is 28.3 Å². The van der Waals surface area contributed by atoms with Crippen molar-refractivity contribution in [2.24, 2.45) is 30.2 Å². The number of fused-ring (bicyclic) bond motifs is 4. The van der Waals surface area contributed by atoms with E-state index in [0.717, 1.165) is 25.0 Å². The molecule has 3 aliphatic rings. The lowest BCUT2D eigenvalue weighted by Gasteiger charge is -2.51. The Labute approximate surface area is 174 Å². The van der Waals surface area contributed by atoms with Gasteiger partial charge in [0.05, 0.1) is 11.6 Å². The standard InChI is InChI=1S/C22H27N3O3S/c1-11-13-7-8-22(3)10-15-17(12(2)16(22)18(13)28-20(11)27)23-21(29-15)24-19(26)14-6-5-9-25(14)4/h5-6,9,11-13,16,18H,7-8,10H2,1-4H3,(H,23,24,26)/t11-,12+,13-,16+,18+,22+/m0/s1. The molecule has 2 aliphatic carbocycles. The van der Waals surface area contributed by atoms with Gasteiger partial charge in [0.25, 0.3) is 5.91 Å². The predicted molar refractivity (Wildman–Crippen MR) is 111 cm³/mol. The quantitative estimate of drug-likeness (QED) is 0.756. The summed E-state index contributed by atoms with van der Waals surface area (Å²) < 4.78 is 7.70. The molecule has 7 heteroatoms. The zero-order chi connectivity index (χ0) is 20.5. The summed E-state index contributed by atoms with van der Waals surface area (Å²) >= 11 is 1.59. The number of carbonyl (C=O) groups excluding carboxylic acids is 2. The lowest BCUT2D eigenvalue weighted by Crippen LogP contribution is -2.50. The van der Waals surface area contributed by atoms with E-state index >= 15 is 0 Å². The first-order valence-electron chi connectivity index (χ1n) is 10.4. The van der Waals surface area contributed by atoms with Crippen LogP contribution >= 0.6 is 11.3 Å². The summed E-state index contributed by atoms with van der Waals surface area (Å²) in [7, 11) is 1.86. The van der Waals surface area contributed by atoms with Crippen LogP contribution in [0.3, 0.4) is 0 Å². The molecule has 0 spiro atoms. The Morgan fingerprint density at radius 3 is 2.90 bits per heavy atom. The van der Waals surface area contributed by atoms with Crippen LogP contribution in [0.5, 0.6) is 0 Å². The van der Waals surface area contributed by atoms with Gasteiger partial charge >= 0.3 is 5.97 Å². The van der Waals surface area contributed by atoms with Gasteiger partial charge in [0.15, 0.2) is 5.13 Å². The molecule has 2 aromatic rings. The van der Waals surface area contributed by atoms with Crippen molar-refractivity contribution in [1.29, 1.82) is 0 Å². The molecule has 0 radical (unpaired) electrons. The topological polar surface area (TPSA) is 73.2 Å². The van der Waals surface area contributed by atoms with E-state index < -0.39 is 0 Å². The molecule has 1 N–H and O–H groups in total. The molecule has 0 unspecified atom stereocenters. The number of thiazole rings is 1. The summed E-state index contributed by atoms with van der Waals surface area (Å²) in [5.41, 5.74) is 1.78. The number of hydrogen-bond donors (Lipinski definition) is 1. The molecule has 1 aliphatic heterocycles. The largest absolute Gasteiger partial charge is 0.461 e. The van der Waals surface area contributed by atoms with E-state index in [1.165, 1.54) is 4.88 Å². The Bertz CT molecular complexity index is 995. The van der Waals surface area contributed by atoms with Crippen molar-refractivity contribution in [2.45, 2.75) is 52.1 Å². The van der Waals surface area contributed by atoms with Crippen LogP contribution in [0, 0.1) is 23.2 Å². The number of carbonyl (C=O) groups is 2. The maximum atomic E-state index is 12.6. The van der Waals surface area contributed by atoms with Gasteiger partial charge in [-0.3, -0.25) is 14.9 Å². The molecule has 154 valence electrons. The molecule has 0 aromatic carbocycles. The first-order chi connectivity index (χ1) is 13.8. The number of nitrogens with zero attached hydrogens (tertiary/aromatic N) is 2. The average Bonchev–Trinajstić information content (AvgIpc) is 3.33. The number of amides is 1. The average molecular weight is 414 g/mol. The zero-order valence-electron chi connectivity index (χ0n) is 17.3. The fourth-order valence-electron chi connectivity index (χ4n) is 5.99. The minimum absolute atomic E-state index is 0.00582. The second-order valence-corrected chi connectivity index (χ2v) is 10.4. The molecule has 2 aromatic heterocycles. The first kappa shape index (κ1) is 18.9. The maximum absolute atomic E-state index is 12.6. The molecule has 6 nitrogen and oxygen atoms in total. The number of esters is 1. The zero-order valence-corrected chi connectivity index (χ0v) is 18.1. The second-order valence-electron chi connectivity index (χ2n) is 9.32. The van der Waals surface area contributed by atoms with Gasteiger partial charge in [-0.05, 0) is 36.8 Å². The van der Waals surface area contributed by atoms with Gasteiger partial charge in [-0.15, -0.1) is 11.3 Å². The Hall–Kier alpha value is -2.15. The van der Waals surface area contributed by atoms with Crippen LogP contribution in [0.25, 0.3) is 0 Å². The molecule has 3 heterocycles. The molecule has 5 rings (SSSR count). The summed E-state index contributed by atoms with van der Waals surface area (Å²) in [5, 5.41) is 3.64. The number of rotatable bonds is 2. The van der Waals surface area contributed by atoms with E-state index in [1.807, 2.05) is 26.2 Å². The van der Waals surface area contributed by atoms with Crippen LogP contribution in [-0.2, 0) is 23.0 Å². The maximum Gasteiger partial charge on any atom is 0.309 e. The van der Waals surface area contributed by atoms with Crippen molar-refractivity contribution in [1.82, 2.24) is 9.55 Å². The number of nitrogens with one attached hydrogen (secondary N) is 1. The first-order valence-corrected chi connectivity index (χ1v) is 11.2. The number of ether oxygens (including phenoxy) is 1. The summed E-state index contributed by atoms with van der Waals surface area (Å²) in [6, 6.07) is 3.66. The van der Waals surface area contributed by atoms with Gasteiger partial charge in [0, 0.05) is 35.9 Å². The van der Waals surface area contributed by atoms with Crippen molar-refractivity contribution < 1.29 is 14.3 Å². The lowest BCUT2D eigenvalue weighted by molar-refractivity contribution is -0.149. The third-order valence-electron chi connectivity index (χ3n) is 7.55. The van der Waals surface area contributed by atoms with E-state index in [-0.39, 0.29) is 41.1 Å². The highest BCUT2D eigenvalue weighted by atomic mass is 32.1. The second kappa shape index (κ2) is 6.42. The van der Waals surface area contributed by atoms with Gasteiger partial charge in [0.2, 0.25) is 0 Å². The minimum atomic E-state index is -0.140. The lowest BCUT2D eigenvalue weighted by atomic mass is 9.54. The molecular weight excluding hydrogens is 386 g/mol. The van der Waals surface area contributed by atoms with Crippen LogP contribution in [-0.4, -0.2) is 27.5 Å². The summed E-state index contributed by atoms with van der Waals surface area (Å²) in [5.74, 6) is 0.607. The van der Waals surface area contributed by atoms with E-state index in [4.69, 9.17) is 9.72 Å². The highest BCUT2D eigenvalue weighted by Crippen LogP contribution is 2.59. The van der Waals surface area contributed by atoms with Crippen molar-refractivity contribution in [3.05, 3.63) is 34.6 Å². The van der Waals surface area contributed by atoms with E-state index in [1.54, 1.807) is 22.0 Å². The van der Waals surface area contributed by atoms with Gasteiger partial charge in [0.1, 0.15) is 11.8 Å². The van der Waals surface area contributed by atoms with Gasteiger partial charge < -0.3 is 9.30 Å². The van der Waals surface area contributed by atoms with Crippen LogP contribution in [0.15, 0.2) is 18.3 Å². The molecule has 1 saturated carbocycles. The van der Waals surface area contributed by atoms with Gasteiger partial charge in [-0.1, -0.05) is 20.8 Å². The molecule has 2 fully saturated rings. The van der Waals surface area contributed by atoms with Crippen molar-refractivity contribution in [2.75, 3.05) is 5.32 Å². The molecule has 29 heavy (non-hydrogen) atoms. The smallest absolute Gasteiger partial charge is 0.309 e. The number of hydrogen-bond acceptors (Lipinski definition) is 5. The molecule has 1 amide bonds. The molecule has 0 bridgehead atoms. The number of anilines is 1. The Kier molecular flexibility index (Phi) is 4.18. The fourth-order valence-corrected chi connectivity index (χ4v) is 7.25. The van der Waals surface area contributed by atoms with E-state index in [2.05, 4.69) is 19.2 Å². The van der Waals surface area contributed by atoms with Crippen molar-refractivity contribution in [3.8, 4) is 0 Å². The van der Waals surface area contributed by atoms with Crippen LogP contribution in [0.4, 0.5) is 5.13 Å². The van der Waals surface area contributed by atoms with Crippen LogP contribution in [0.2, 0.25) is 0 Å². The summed E-state index contributed by atoms with van der Waals surface area (Å²) in [6.07, 6.45) is 4.93. The highest BCUT2D eigenvalue weighted by Gasteiger charge is 2.58. The molecule has 6 atom stereocenters. The third-order valence-corrected chi connectivity index (χ3v) is 8.54. The van der Waals surface area contributed by atoms with Gasteiger partial charge in [-0.25, -0.2) is 4.98 Å². The Morgan fingerprint density at radius 1 is 1.38 bits per heavy atom. The monoisotopic (exact) mass is 413 g/mol. The highest BCUT2D eigenvalue weighted by molar-refractivity contribution is 7.15. The number of aromatic nitrogens is 2.